The van der Waals surface area contributed by atoms with Crippen molar-refractivity contribution < 1.29 is 14.3 Å². The zero-order valence-electron chi connectivity index (χ0n) is 16.5. The Morgan fingerprint density at radius 2 is 1.96 bits per heavy atom. The minimum Gasteiger partial charge on any atom is -0.497 e. The average Bonchev–Trinajstić information content (AvgIpc) is 2.61. The molecule has 0 heterocycles. The maximum atomic E-state index is 11.8. The molecular weight excluding hydrogens is 324 g/mol. The third kappa shape index (κ3) is 2.51. The Kier molecular flexibility index (Phi) is 4.17. The van der Waals surface area contributed by atoms with Crippen LogP contribution in [-0.4, -0.2) is 18.7 Å². The van der Waals surface area contributed by atoms with E-state index in [0.29, 0.717) is 5.92 Å². The van der Waals surface area contributed by atoms with Crippen molar-refractivity contribution in [3.05, 3.63) is 34.9 Å². The van der Waals surface area contributed by atoms with Gasteiger partial charge in [-0.3, -0.25) is 4.79 Å². The number of ether oxygens (including phenoxy) is 2. The maximum Gasteiger partial charge on any atom is 0.303 e. The molecule has 0 bridgehead atoms. The van der Waals surface area contributed by atoms with E-state index in [9.17, 15) is 4.79 Å². The molecule has 0 amide bonds. The summed E-state index contributed by atoms with van der Waals surface area (Å²) in [6.45, 7) is 6.09. The van der Waals surface area contributed by atoms with Crippen molar-refractivity contribution in [2.45, 2.75) is 71.3 Å². The van der Waals surface area contributed by atoms with E-state index < -0.39 is 0 Å². The molecule has 1 aromatic carbocycles. The Labute approximate surface area is 156 Å². The first-order chi connectivity index (χ1) is 12.4. The van der Waals surface area contributed by atoms with Crippen LogP contribution in [0, 0.1) is 11.3 Å². The molecule has 1 saturated carbocycles. The van der Waals surface area contributed by atoms with E-state index in [4.69, 9.17) is 9.47 Å². The molecular formula is C23H30O3. The Hall–Kier alpha value is -1.77. The Morgan fingerprint density at radius 3 is 2.69 bits per heavy atom. The summed E-state index contributed by atoms with van der Waals surface area (Å²) >= 11 is 0. The Bertz CT molecular complexity index is 778. The van der Waals surface area contributed by atoms with Gasteiger partial charge in [0, 0.05) is 12.3 Å². The summed E-state index contributed by atoms with van der Waals surface area (Å²) in [4.78, 5) is 11.8. The number of carbonyl (C=O) groups is 1. The van der Waals surface area contributed by atoms with Crippen LogP contribution < -0.4 is 4.74 Å². The molecule has 140 valence electrons. The molecule has 3 atom stereocenters. The van der Waals surface area contributed by atoms with Crippen LogP contribution in [0.5, 0.6) is 5.75 Å². The first kappa shape index (κ1) is 17.6. The molecule has 0 N–H and O–H groups in total. The summed E-state index contributed by atoms with van der Waals surface area (Å²) in [7, 11) is 1.74. The van der Waals surface area contributed by atoms with Crippen molar-refractivity contribution >= 4 is 11.5 Å². The highest BCUT2D eigenvalue weighted by molar-refractivity contribution is 5.75. The van der Waals surface area contributed by atoms with Crippen LogP contribution in [-0.2, 0) is 16.0 Å². The van der Waals surface area contributed by atoms with Gasteiger partial charge in [-0.25, -0.2) is 0 Å². The third-order valence-electron chi connectivity index (χ3n) is 7.50. The van der Waals surface area contributed by atoms with Gasteiger partial charge in [0.15, 0.2) is 0 Å². The molecule has 3 aliphatic carbocycles. The third-order valence-corrected chi connectivity index (χ3v) is 7.50. The van der Waals surface area contributed by atoms with Gasteiger partial charge in [-0.05, 0) is 86.6 Å². The molecule has 3 aliphatic rings. The van der Waals surface area contributed by atoms with Gasteiger partial charge in [0.25, 0.3) is 0 Å². The van der Waals surface area contributed by atoms with Crippen molar-refractivity contribution in [1.29, 1.82) is 0 Å². The minimum absolute atomic E-state index is 0.0414. The first-order valence-electron chi connectivity index (χ1n) is 9.97. The molecule has 0 aliphatic heterocycles. The highest BCUT2D eigenvalue weighted by atomic mass is 16.6. The lowest BCUT2D eigenvalue weighted by molar-refractivity contribution is -0.185. The van der Waals surface area contributed by atoms with Crippen LogP contribution in [0.15, 0.2) is 23.8 Å². The number of benzene rings is 1. The van der Waals surface area contributed by atoms with Crippen molar-refractivity contribution in [3.8, 4) is 5.75 Å². The van der Waals surface area contributed by atoms with Gasteiger partial charge in [-0.1, -0.05) is 18.6 Å². The highest BCUT2D eigenvalue weighted by Gasteiger charge is 2.56. The summed E-state index contributed by atoms with van der Waals surface area (Å²) in [6, 6.07) is 6.54. The number of aryl methyl sites for hydroxylation is 1. The van der Waals surface area contributed by atoms with Crippen LogP contribution in [0.25, 0.3) is 5.57 Å². The van der Waals surface area contributed by atoms with E-state index in [1.807, 2.05) is 0 Å². The maximum absolute atomic E-state index is 11.8. The van der Waals surface area contributed by atoms with Gasteiger partial charge < -0.3 is 9.47 Å². The second-order valence-electron chi connectivity index (χ2n) is 8.71. The van der Waals surface area contributed by atoms with Gasteiger partial charge in [0.1, 0.15) is 11.4 Å². The van der Waals surface area contributed by atoms with Crippen molar-refractivity contribution in [2.24, 2.45) is 11.3 Å². The number of fused-ring (bicyclic) bond motifs is 4. The molecule has 26 heavy (non-hydrogen) atoms. The van der Waals surface area contributed by atoms with Crippen molar-refractivity contribution in [1.82, 2.24) is 0 Å². The summed E-state index contributed by atoms with van der Waals surface area (Å²) in [5.74, 6) is 1.34. The standard InChI is InChI=1S/C23H30O3/c1-15(24)26-23(3)12-5-6-21-20-9-7-16-14-17(25-4)8-10-18(16)19(20)11-13-22(21,23)2/h8,10,14,21H,5-7,9,11-13H2,1-4H3. The normalized spacial score (nSPS) is 33.0. The predicted molar refractivity (Wildman–Crippen MR) is 103 cm³/mol. The summed E-state index contributed by atoms with van der Waals surface area (Å²) in [6.07, 6.45) is 7.72. The lowest BCUT2D eigenvalue weighted by Crippen LogP contribution is -2.55. The molecule has 0 radical (unpaired) electrons. The topological polar surface area (TPSA) is 35.5 Å². The van der Waals surface area contributed by atoms with Crippen molar-refractivity contribution in [3.63, 3.8) is 0 Å². The molecule has 0 spiro atoms. The SMILES string of the molecule is COc1ccc2c(c1)CCC1=C2CCC2(C)C1CCCC2(C)OC(C)=O. The average molecular weight is 354 g/mol. The molecule has 1 aromatic rings. The van der Waals surface area contributed by atoms with Crippen LogP contribution >= 0.6 is 0 Å². The second kappa shape index (κ2) is 6.14. The molecule has 3 unspecified atom stereocenters. The quantitative estimate of drug-likeness (QED) is 0.675. The molecule has 4 rings (SSSR count). The smallest absolute Gasteiger partial charge is 0.303 e. The molecule has 3 heteroatoms. The van der Waals surface area contributed by atoms with Crippen LogP contribution in [0.1, 0.15) is 70.4 Å². The molecule has 1 fully saturated rings. The minimum atomic E-state index is -0.347. The summed E-state index contributed by atoms with van der Waals surface area (Å²) < 4.78 is 11.4. The highest BCUT2D eigenvalue weighted by Crippen LogP contribution is 2.61. The predicted octanol–water partition coefficient (Wildman–Crippen LogP) is 5.32. The lowest BCUT2D eigenvalue weighted by Gasteiger charge is -2.57. The monoisotopic (exact) mass is 354 g/mol. The fourth-order valence-corrected chi connectivity index (χ4v) is 5.95. The largest absolute Gasteiger partial charge is 0.497 e. The fraction of sp³-hybridized carbons (Fsp3) is 0.609. The van der Waals surface area contributed by atoms with Crippen molar-refractivity contribution in [2.75, 3.05) is 7.11 Å². The van der Waals surface area contributed by atoms with E-state index in [1.54, 1.807) is 25.2 Å². The van der Waals surface area contributed by atoms with E-state index in [0.717, 1.165) is 44.3 Å². The molecule has 0 saturated heterocycles. The number of carbonyl (C=O) groups excluding carboxylic acids is 1. The van der Waals surface area contributed by atoms with E-state index in [1.165, 1.54) is 17.5 Å². The Balaban J connectivity index is 1.76. The first-order valence-corrected chi connectivity index (χ1v) is 9.97. The second-order valence-corrected chi connectivity index (χ2v) is 8.71. The molecule has 0 aromatic heterocycles. The van der Waals surface area contributed by atoms with Gasteiger partial charge in [-0.2, -0.15) is 0 Å². The summed E-state index contributed by atoms with van der Waals surface area (Å²) in [5, 5.41) is 0. The Morgan fingerprint density at radius 1 is 1.15 bits per heavy atom. The van der Waals surface area contributed by atoms with Crippen LogP contribution in [0.4, 0.5) is 0 Å². The molecule has 3 nitrogen and oxygen atoms in total. The van der Waals surface area contributed by atoms with Crippen LogP contribution in [0.2, 0.25) is 0 Å². The van der Waals surface area contributed by atoms with E-state index >= 15 is 0 Å². The lowest BCUT2D eigenvalue weighted by atomic mass is 9.51. The van der Waals surface area contributed by atoms with Gasteiger partial charge >= 0.3 is 5.97 Å². The number of rotatable bonds is 2. The van der Waals surface area contributed by atoms with Gasteiger partial charge in [0.2, 0.25) is 0 Å². The van der Waals surface area contributed by atoms with Gasteiger partial charge in [0.05, 0.1) is 7.11 Å². The van der Waals surface area contributed by atoms with E-state index in [-0.39, 0.29) is 17.0 Å². The summed E-state index contributed by atoms with van der Waals surface area (Å²) in [5.41, 5.74) is 5.73. The van der Waals surface area contributed by atoms with E-state index in [2.05, 4.69) is 32.0 Å². The number of allylic oxidation sites excluding steroid dienone is 2. The van der Waals surface area contributed by atoms with Gasteiger partial charge in [-0.15, -0.1) is 0 Å². The number of esters is 1. The van der Waals surface area contributed by atoms with Crippen LogP contribution in [0.3, 0.4) is 0 Å². The number of hydrogen-bond acceptors (Lipinski definition) is 3. The number of methoxy groups -OCH3 is 1. The number of hydrogen-bond donors (Lipinski definition) is 0. The zero-order valence-corrected chi connectivity index (χ0v) is 16.5. The zero-order chi connectivity index (χ0) is 18.5. The fourth-order valence-electron chi connectivity index (χ4n) is 5.95.